The SMILES string of the molecule is Cc1cc(C)cc(OCCN2CCN(CC(=O)Nc3c(C)cccc3C)CC2)c1. The van der Waals surface area contributed by atoms with Gasteiger partial charge in [0.25, 0.3) is 0 Å². The van der Waals surface area contributed by atoms with E-state index in [0.717, 1.165) is 55.3 Å². The molecule has 0 aromatic heterocycles. The average Bonchev–Trinajstić information content (AvgIpc) is 2.65. The van der Waals surface area contributed by atoms with Crippen LogP contribution in [0.25, 0.3) is 0 Å². The summed E-state index contributed by atoms with van der Waals surface area (Å²) < 4.78 is 5.93. The molecule has 1 saturated heterocycles. The summed E-state index contributed by atoms with van der Waals surface area (Å²) in [5, 5.41) is 3.08. The lowest BCUT2D eigenvalue weighted by molar-refractivity contribution is -0.117. The van der Waals surface area contributed by atoms with E-state index < -0.39 is 0 Å². The summed E-state index contributed by atoms with van der Waals surface area (Å²) in [5.74, 6) is 1.01. The Kier molecular flexibility index (Phi) is 7.29. The van der Waals surface area contributed by atoms with Gasteiger partial charge in [0.1, 0.15) is 12.4 Å². The molecule has 5 nitrogen and oxygen atoms in total. The van der Waals surface area contributed by atoms with E-state index in [0.29, 0.717) is 13.2 Å². The molecule has 1 N–H and O–H groups in total. The second kappa shape index (κ2) is 9.90. The third kappa shape index (κ3) is 6.31. The fourth-order valence-electron chi connectivity index (χ4n) is 3.87. The van der Waals surface area contributed by atoms with Gasteiger partial charge in [0.05, 0.1) is 6.54 Å². The summed E-state index contributed by atoms with van der Waals surface area (Å²) in [6.45, 7) is 14.0. The van der Waals surface area contributed by atoms with Crippen molar-refractivity contribution in [1.82, 2.24) is 9.80 Å². The number of anilines is 1. The number of hydrogen-bond donors (Lipinski definition) is 1. The van der Waals surface area contributed by atoms with Crippen molar-refractivity contribution in [2.24, 2.45) is 0 Å². The molecule has 0 radical (unpaired) electrons. The van der Waals surface area contributed by atoms with Crippen molar-refractivity contribution in [3.05, 3.63) is 58.7 Å². The fourth-order valence-corrected chi connectivity index (χ4v) is 3.87. The van der Waals surface area contributed by atoms with Crippen molar-refractivity contribution in [2.45, 2.75) is 27.7 Å². The first kappa shape index (κ1) is 21.3. The number of nitrogens with zero attached hydrogens (tertiary/aromatic N) is 2. The molecule has 1 aliphatic heterocycles. The van der Waals surface area contributed by atoms with Gasteiger partial charge in [0, 0.05) is 38.4 Å². The monoisotopic (exact) mass is 395 g/mol. The van der Waals surface area contributed by atoms with Crippen LogP contribution in [0.2, 0.25) is 0 Å². The molecule has 1 aliphatic rings. The van der Waals surface area contributed by atoms with Gasteiger partial charge in [0.15, 0.2) is 0 Å². The molecular weight excluding hydrogens is 362 g/mol. The third-order valence-electron chi connectivity index (χ3n) is 5.45. The lowest BCUT2D eigenvalue weighted by atomic mass is 10.1. The molecule has 5 heteroatoms. The van der Waals surface area contributed by atoms with Gasteiger partial charge in [-0.1, -0.05) is 24.3 Å². The number of ether oxygens (including phenoxy) is 1. The molecule has 1 fully saturated rings. The van der Waals surface area contributed by atoms with Gasteiger partial charge in [-0.15, -0.1) is 0 Å². The zero-order valence-electron chi connectivity index (χ0n) is 18.1. The zero-order chi connectivity index (χ0) is 20.8. The summed E-state index contributed by atoms with van der Waals surface area (Å²) in [6, 6.07) is 12.4. The number of piperazine rings is 1. The Bertz CT molecular complexity index is 802. The van der Waals surface area contributed by atoms with Crippen LogP contribution in [-0.4, -0.2) is 61.6 Å². The number of para-hydroxylation sites is 1. The quantitative estimate of drug-likeness (QED) is 0.779. The summed E-state index contributed by atoms with van der Waals surface area (Å²) in [4.78, 5) is 17.1. The van der Waals surface area contributed by atoms with Gasteiger partial charge in [0.2, 0.25) is 5.91 Å². The molecule has 0 bridgehead atoms. The van der Waals surface area contributed by atoms with Gasteiger partial charge < -0.3 is 10.1 Å². The van der Waals surface area contributed by atoms with Crippen LogP contribution in [0.15, 0.2) is 36.4 Å². The maximum absolute atomic E-state index is 12.5. The van der Waals surface area contributed by atoms with Crippen LogP contribution >= 0.6 is 0 Å². The van der Waals surface area contributed by atoms with Crippen LogP contribution < -0.4 is 10.1 Å². The number of amides is 1. The first-order valence-electron chi connectivity index (χ1n) is 10.4. The van der Waals surface area contributed by atoms with Crippen LogP contribution in [0.5, 0.6) is 5.75 Å². The number of aryl methyl sites for hydroxylation is 4. The van der Waals surface area contributed by atoms with Crippen molar-refractivity contribution in [3.8, 4) is 5.75 Å². The Morgan fingerprint density at radius 3 is 2.14 bits per heavy atom. The molecule has 0 saturated carbocycles. The number of nitrogens with one attached hydrogen (secondary N) is 1. The van der Waals surface area contributed by atoms with E-state index in [-0.39, 0.29) is 5.91 Å². The van der Waals surface area contributed by atoms with Crippen molar-refractivity contribution in [2.75, 3.05) is 51.2 Å². The highest BCUT2D eigenvalue weighted by atomic mass is 16.5. The van der Waals surface area contributed by atoms with Crippen molar-refractivity contribution in [3.63, 3.8) is 0 Å². The zero-order valence-corrected chi connectivity index (χ0v) is 18.1. The first-order valence-corrected chi connectivity index (χ1v) is 10.4. The van der Waals surface area contributed by atoms with Crippen LogP contribution in [0.3, 0.4) is 0 Å². The molecule has 3 rings (SSSR count). The van der Waals surface area contributed by atoms with Gasteiger partial charge in [-0.3, -0.25) is 14.6 Å². The van der Waals surface area contributed by atoms with Gasteiger partial charge in [-0.05, 0) is 62.1 Å². The molecule has 2 aromatic rings. The van der Waals surface area contributed by atoms with Gasteiger partial charge in [-0.25, -0.2) is 0 Å². The largest absolute Gasteiger partial charge is 0.492 e. The number of carbonyl (C=O) groups excluding carboxylic acids is 1. The van der Waals surface area contributed by atoms with E-state index >= 15 is 0 Å². The number of carbonyl (C=O) groups is 1. The second-order valence-electron chi connectivity index (χ2n) is 8.10. The minimum Gasteiger partial charge on any atom is -0.492 e. The highest BCUT2D eigenvalue weighted by Crippen LogP contribution is 2.19. The van der Waals surface area contributed by atoms with Gasteiger partial charge in [-0.2, -0.15) is 0 Å². The summed E-state index contributed by atoms with van der Waals surface area (Å²) in [7, 11) is 0. The fraction of sp³-hybridized carbons (Fsp3) is 0.458. The van der Waals surface area contributed by atoms with Crippen LogP contribution in [0.4, 0.5) is 5.69 Å². The maximum Gasteiger partial charge on any atom is 0.238 e. The van der Waals surface area contributed by atoms with Crippen molar-refractivity contribution in [1.29, 1.82) is 0 Å². The average molecular weight is 396 g/mol. The lowest BCUT2D eigenvalue weighted by Crippen LogP contribution is -2.49. The molecule has 0 aliphatic carbocycles. The summed E-state index contributed by atoms with van der Waals surface area (Å²) in [5.41, 5.74) is 5.61. The van der Waals surface area contributed by atoms with Crippen LogP contribution in [0.1, 0.15) is 22.3 Å². The second-order valence-corrected chi connectivity index (χ2v) is 8.10. The highest BCUT2D eigenvalue weighted by Gasteiger charge is 2.19. The summed E-state index contributed by atoms with van der Waals surface area (Å²) >= 11 is 0. The predicted molar refractivity (Wildman–Crippen MR) is 119 cm³/mol. The third-order valence-corrected chi connectivity index (χ3v) is 5.45. The van der Waals surface area contributed by atoms with E-state index in [1.54, 1.807) is 0 Å². The Morgan fingerprint density at radius 1 is 0.931 bits per heavy atom. The Hall–Kier alpha value is -2.37. The molecule has 0 atom stereocenters. The Balaban J connectivity index is 1.38. The van der Waals surface area contributed by atoms with Crippen molar-refractivity contribution >= 4 is 11.6 Å². The Labute approximate surface area is 174 Å². The minimum atomic E-state index is 0.0639. The number of hydrogen-bond acceptors (Lipinski definition) is 4. The molecule has 29 heavy (non-hydrogen) atoms. The molecule has 1 amide bonds. The van der Waals surface area contributed by atoms with E-state index in [4.69, 9.17) is 4.74 Å². The number of rotatable bonds is 7. The molecule has 0 spiro atoms. The standard InChI is InChI=1S/C24H33N3O2/c1-18-14-19(2)16-22(15-18)29-13-12-26-8-10-27(11-9-26)17-23(28)25-24-20(3)6-5-7-21(24)4/h5-7,14-16H,8-13,17H2,1-4H3,(H,25,28). The lowest BCUT2D eigenvalue weighted by Gasteiger charge is -2.34. The normalized spacial score (nSPS) is 15.3. The van der Waals surface area contributed by atoms with E-state index in [9.17, 15) is 4.79 Å². The van der Waals surface area contributed by atoms with Crippen LogP contribution in [-0.2, 0) is 4.79 Å². The molecular formula is C24H33N3O2. The minimum absolute atomic E-state index is 0.0639. The molecule has 1 heterocycles. The van der Waals surface area contributed by atoms with Crippen molar-refractivity contribution < 1.29 is 9.53 Å². The smallest absolute Gasteiger partial charge is 0.238 e. The van der Waals surface area contributed by atoms with E-state index in [2.05, 4.69) is 47.2 Å². The Morgan fingerprint density at radius 2 is 1.52 bits per heavy atom. The van der Waals surface area contributed by atoms with Gasteiger partial charge >= 0.3 is 0 Å². The highest BCUT2D eigenvalue weighted by molar-refractivity contribution is 5.93. The van der Waals surface area contributed by atoms with Crippen LogP contribution in [0, 0.1) is 27.7 Å². The number of benzene rings is 2. The summed E-state index contributed by atoms with van der Waals surface area (Å²) in [6.07, 6.45) is 0. The predicted octanol–water partition coefficient (Wildman–Crippen LogP) is 3.56. The first-order chi connectivity index (χ1) is 13.9. The topological polar surface area (TPSA) is 44.8 Å². The van der Waals surface area contributed by atoms with E-state index in [1.807, 2.05) is 32.0 Å². The molecule has 2 aromatic carbocycles. The van der Waals surface area contributed by atoms with E-state index in [1.165, 1.54) is 11.1 Å². The molecule has 0 unspecified atom stereocenters. The molecule has 156 valence electrons. The maximum atomic E-state index is 12.5.